The van der Waals surface area contributed by atoms with Crippen LogP contribution in [-0.2, 0) is 0 Å². The number of rotatable bonds is 0. The second kappa shape index (κ2) is 10.7. The summed E-state index contributed by atoms with van der Waals surface area (Å²) in [5, 5.41) is 17.8. The van der Waals surface area contributed by atoms with Crippen molar-refractivity contribution in [2.45, 2.75) is 52.4 Å². The second-order valence-corrected chi connectivity index (χ2v) is 5.69. The van der Waals surface area contributed by atoms with Crippen molar-refractivity contribution in [2.24, 2.45) is 0 Å². The summed E-state index contributed by atoms with van der Waals surface area (Å²) in [4.78, 5) is 0. The molecule has 3 rings (SSSR count). The van der Waals surface area contributed by atoms with Crippen molar-refractivity contribution in [2.75, 3.05) is 0 Å². The molecule has 1 aliphatic rings. The maximum Gasteiger partial charge on any atom is 0.118 e. The summed E-state index contributed by atoms with van der Waals surface area (Å²) in [6.07, 6.45) is 9.00. The average Bonchev–Trinajstić information content (AvgIpc) is 2.56. The number of hydrogen-bond acceptors (Lipinski definition) is 2. The summed E-state index contributed by atoms with van der Waals surface area (Å²) >= 11 is 0. The van der Waals surface area contributed by atoms with E-state index in [1.807, 2.05) is 50.2 Å². The Morgan fingerprint density at radius 1 is 0.545 bits per heavy atom. The van der Waals surface area contributed by atoms with Crippen LogP contribution in [0, 0.1) is 13.8 Å². The molecule has 2 heteroatoms. The highest BCUT2D eigenvalue weighted by atomic mass is 16.3. The van der Waals surface area contributed by atoms with Gasteiger partial charge in [-0.05, 0) is 37.1 Å². The molecule has 0 unspecified atom stereocenters. The Bertz CT molecular complexity index is 434. The highest BCUT2D eigenvalue weighted by molar-refractivity contribution is 5.30. The van der Waals surface area contributed by atoms with Gasteiger partial charge in [0, 0.05) is 0 Å². The Morgan fingerprint density at radius 3 is 1.00 bits per heavy atom. The molecule has 0 atom stereocenters. The molecule has 0 bridgehead atoms. The van der Waals surface area contributed by atoms with E-state index < -0.39 is 0 Å². The van der Waals surface area contributed by atoms with E-state index in [9.17, 15) is 0 Å². The summed E-state index contributed by atoms with van der Waals surface area (Å²) in [5.74, 6) is 0.736. The van der Waals surface area contributed by atoms with Gasteiger partial charge in [0.15, 0.2) is 0 Å². The van der Waals surface area contributed by atoms with Gasteiger partial charge in [-0.25, -0.2) is 0 Å². The van der Waals surface area contributed by atoms with Gasteiger partial charge in [-0.15, -0.1) is 0 Å². The van der Waals surface area contributed by atoms with Crippen LogP contribution >= 0.6 is 0 Å². The van der Waals surface area contributed by atoms with Crippen molar-refractivity contribution in [3.05, 3.63) is 59.7 Å². The van der Waals surface area contributed by atoms with Gasteiger partial charge in [-0.1, -0.05) is 74.9 Å². The summed E-state index contributed by atoms with van der Waals surface area (Å²) in [6, 6.07) is 14.5. The molecule has 0 aliphatic heterocycles. The number of aromatic hydroxyl groups is 2. The van der Waals surface area contributed by atoms with E-state index in [4.69, 9.17) is 10.2 Å². The van der Waals surface area contributed by atoms with E-state index in [0.717, 1.165) is 11.1 Å². The minimum absolute atomic E-state index is 0.368. The normalized spacial score (nSPS) is 13.2. The molecule has 2 aromatic carbocycles. The lowest BCUT2D eigenvalue weighted by Gasteiger charge is -2.05. The van der Waals surface area contributed by atoms with Crippen LogP contribution in [0.1, 0.15) is 49.7 Å². The van der Waals surface area contributed by atoms with Crippen molar-refractivity contribution in [1.82, 2.24) is 0 Å². The first-order valence-corrected chi connectivity index (χ1v) is 8.10. The maximum absolute atomic E-state index is 8.92. The zero-order chi connectivity index (χ0) is 16.2. The van der Waals surface area contributed by atoms with Gasteiger partial charge in [-0.2, -0.15) is 0 Å². The molecular weight excluding hydrogens is 272 g/mol. The highest BCUT2D eigenvalue weighted by Crippen LogP contribution is 2.15. The van der Waals surface area contributed by atoms with Crippen LogP contribution in [0.3, 0.4) is 0 Å². The molecule has 1 aliphatic carbocycles. The van der Waals surface area contributed by atoms with Crippen LogP contribution in [0.25, 0.3) is 0 Å². The lowest BCUT2D eigenvalue weighted by atomic mass is 10.0. The molecule has 0 amide bonds. The molecule has 0 saturated heterocycles. The van der Waals surface area contributed by atoms with Crippen molar-refractivity contribution >= 4 is 0 Å². The fourth-order valence-electron chi connectivity index (χ4n) is 2.19. The molecule has 0 aromatic heterocycles. The molecule has 1 saturated carbocycles. The summed E-state index contributed by atoms with van der Waals surface area (Å²) in [7, 11) is 0. The first-order valence-electron chi connectivity index (χ1n) is 8.10. The van der Waals surface area contributed by atoms with Crippen LogP contribution in [0.5, 0.6) is 11.5 Å². The molecule has 0 heterocycles. The van der Waals surface area contributed by atoms with Gasteiger partial charge in [0.05, 0.1) is 0 Å². The Balaban J connectivity index is 0.000000167. The molecule has 0 spiro atoms. The fraction of sp³-hybridized carbons (Fsp3) is 0.400. The van der Waals surface area contributed by atoms with Crippen LogP contribution < -0.4 is 0 Å². The van der Waals surface area contributed by atoms with Crippen LogP contribution in [0.2, 0.25) is 0 Å². The van der Waals surface area contributed by atoms with E-state index in [1.54, 1.807) is 12.1 Å². The van der Waals surface area contributed by atoms with Crippen molar-refractivity contribution in [3.63, 3.8) is 0 Å². The maximum atomic E-state index is 8.92. The van der Waals surface area contributed by atoms with Gasteiger partial charge in [-0.3, -0.25) is 0 Å². The summed E-state index contributed by atoms with van der Waals surface area (Å²) in [6.45, 7) is 3.74. The van der Waals surface area contributed by atoms with E-state index in [2.05, 4.69) is 0 Å². The van der Waals surface area contributed by atoms with Crippen LogP contribution in [0.15, 0.2) is 48.5 Å². The fourth-order valence-corrected chi connectivity index (χ4v) is 2.19. The third kappa shape index (κ3) is 7.72. The van der Waals surface area contributed by atoms with Crippen molar-refractivity contribution in [3.8, 4) is 11.5 Å². The smallest absolute Gasteiger partial charge is 0.118 e. The number of phenols is 2. The number of aryl methyl sites for hydroxylation is 2. The zero-order valence-electron chi connectivity index (χ0n) is 13.8. The van der Waals surface area contributed by atoms with E-state index in [1.165, 1.54) is 38.5 Å². The van der Waals surface area contributed by atoms with Gasteiger partial charge in [0.2, 0.25) is 0 Å². The molecular formula is C20H28O2. The molecule has 1 fully saturated rings. The lowest BCUT2D eigenvalue weighted by Crippen LogP contribution is -1.85. The van der Waals surface area contributed by atoms with Gasteiger partial charge in [0.1, 0.15) is 11.5 Å². The molecule has 2 nitrogen and oxygen atoms in total. The number of para-hydroxylation sites is 2. The van der Waals surface area contributed by atoms with E-state index in [-0.39, 0.29) is 0 Å². The van der Waals surface area contributed by atoms with E-state index in [0.29, 0.717) is 11.5 Å². The highest BCUT2D eigenvalue weighted by Gasteiger charge is 1.95. The minimum Gasteiger partial charge on any atom is -0.508 e. The van der Waals surface area contributed by atoms with Gasteiger partial charge >= 0.3 is 0 Å². The summed E-state index contributed by atoms with van der Waals surface area (Å²) < 4.78 is 0. The minimum atomic E-state index is 0.368. The Labute approximate surface area is 134 Å². The van der Waals surface area contributed by atoms with Crippen molar-refractivity contribution < 1.29 is 10.2 Å². The molecule has 22 heavy (non-hydrogen) atoms. The van der Waals surface area contributed by atoms with Gasteiger partial charge < -0.3 is 10.2 Å². The van der Waals surface area contributed by atoms with Gasteiger partial charge in [0.25, 0.3) is 0 Å². The second-order valence-electron chi connectivity index (χ2n) is 5.69. The standard InChI is InChI=1S/2C7H8O.C6H12/c2*1-6-4-2-3-5-7(6)8;1-2-4-6-5-3-1/h2*2-5,8H,1H3;1-6H2. The first kappa shape index (κ1) is 18.1. The Morgan fingerprint density at radius 2 is 0.818 bits per heavy atom. The first-order chi connectivity index (χ1) is 10.6. The molecule has 2 N–H and O–H groups in total. The quantitative estimate of drug-likeness (QED) is 0.651. The van der Waals surface area contributed by atoms with Crippen LogP contribution in [0.4, 0.5) is 0 Å². The van der Waals surface area contributed by atoms with Crippen LogP contribution in [-0.4, -0.2) is 10.2 Å². The molecule has 0 radical (unpaired) electrons. The topological polar surface area (TPSA) is 40.5 Å². The molecule has 2 aromatic rings. The molecule has 120 valence electrons. The predicted octanol–water partition coefficient (Wildman–Crippen LogP) is 5.74. The van der Waals surface area contributed by atoms with Crippen molar-refractivity contribution in [1.29, 1.82) is 0 Å². The van der Waals surface area contributed by atoms with E-state index >= 15 is 0 Å². The SMILES string of the molecule is C1CCCCC1.Cc1ccccc1O.Cc1ccccc1O. The average molecular weight is 300 g/mol. The Hall–Kier alpha value is -1.96. The third-order valence-corrected chi connectivity index (χ3v) is 3.73. The lowest BCUT2D eigenvalue weighted by molar-refractivity contribution is 0.470. The number of hydrogen-bond donors (Lipinski definition) is 2. The Kier molecular flexibility index (Phi) is 8.82. The third-order valence-electron chi connectivity index (χ3n) is 3.73. The zero-order valence-corrected chi connectivity index (χ0v) is 13.8. The number of phenolic OH excluding ortho intramolecular Hbond substituents is 2. The summed E-state index contributed by atoms with van der Waals surface area (Å²) in [5.41, 5.74) is 1.85. The predicted molar refractivity (Wildman–Crippen MR) is 93.4 cm³/mol. The number of benzene rings is 2. The largest absolute Gasteiger partial charge is 0.508 e. The monoisotopic (exact) mass is 300 g/mol.